The Morgan fingerprint density at radius 3 is 2.65 bits per heavy atom. The van der Waals surface area contributed by atoms with Gasteiger partial charge in [-0.3, -0.25) is 0 Å². The topological polar surface area (TPSA) is 75.4 Å². The van der Waals surface area contributed by atoms with Crippen molar-refractivity contribution in [3.8, 4) is 0 Å². The van der Waals surface area contributed by atoms with Crippen molar-refractivity contribution in [2.45, 2.75) is 11.6 Å². The Bertz CT molecular complexity index is 680. The Morgan fingerprint density at radius 2 is 2.05 bits per heavy atom. The van der Waals surface area contributed by atoms with Gasteiger partial charge in [-0.2, -0.15) is 4.39 Å². The normalized spacial score (nSPS) is 11.8. The van der Waals surface area contributed by atoms with Gasteiger partial charge in [0.25, 0.3) is 10.0 Å². The molecule has 2 heterocycles. The van der Waals surface area contributed by atoms with E-state index in [1.807, 2.05) is 0 Å². The maximum Gasteiger partial charge on any atom is 0.275 e. The lowest BCUT2D eigenvalue weighted by atomic mass is 10.4. The standard InChI is InChI=1S/C12H14FN3O3S/c1-16(2)20(17,18)12-6-4-10(19-12)8-14-9-3-5-11(13)15-7-9/h3-7,14H,8H2,1-2H3. The lowest BCUT2D eigenvalue weighted by Crippen LogP contribution is -2.21. The third kappa shape index (κ3) is 3.14. The fraction of sp³-hybridized carbons (Fsp3) is 0.250. The molecule has 0 fully saturated rings. The second-order valence-corrected chi connectivity index (χ2v) is 6.31. The van der Waals surface area contributed by atoms with Gasteiger partial charge in [0.15, 0.2) is 0 Å². The molecule has 0 radical (unpaired) electrons. The molecule has 0 saturated carbocycles. The van der Waals surface area contributed by atoms with Gasteiger partial charge in [-0.05, 0) is 24.3 Å². The molecule has 8 heteroatoms. The summed E-state index contributed by atoms with van der Waals surface area (Å²) in [6.07, 6.45) is 1.34. The first-order chi connectivity index (χ1) is 9.39. The first kappa shape index (κ1) is 14.5. The number of nitrogens with zero attached hydrogens (tertiary/aromatic N) is 2. The molecular formula is C12H14FN3O3S. The number of rotatable bonds is 5. The highest BCUT2D eigenvalue weighted by molar-refractivity contribution is 7.88. The van der Waals surface area contributed by atoms with Crippen LogP contribution in [0.25, 0.3) is 0 Å². The zero-order valence-electron chi connectivity index (χ0n) is 11.0. The Balaban J connectivity index is 2.05. The van der Waals surface area contributed by atoms with Gasteiger partial charge in [0.05, 0.1) is 18.4 Å². The predicted octanol–water partition coefficient (Wildman–Crippen LogP) is 1.68. The summed E-state index contributed by atoms with van der Waals surface area (Å²) in [5.41, 5.74) is 0.611. The molecule has 20 heavy (non-hydrogen) atoms. The van der Waals surface area contributed by atoms with Crippen LogP contribution in [0.1, 0.15) is 5.76 Å². The number of aromatic nitrogens is 1. The van der Waals surface area contributed by atoms with E-state index in [2.05, 4.69) is 10.3 Å². The Kier molecular flexibility index (Phi) is 4.05. The highest BCUT2D eigenvalue weighted by Crippen LogP contribution is 2.17. The quantitative estimate of drug-likeness (QED) is 0.850. The predicted molar refractivity (Wildman–Crippen MR) is 71.1 cm³/mol. The van der Waals surface area contributed by atoms with Crippen molar-refractivity contribution in [1.82, 2.24) is 9.29 Å². The summed E-state index contributed by atoms with van der Waals surface area (Å²) in [5, 5.41) is 2.84. The van der Waals surface area contributed by atoms with Crippen LogP contribution >= 0.6 is 0 Å². The average molecular weight is 299 g/mol. The van der Waals surface area contributed by atoms with Crippen molar-refractivity contribution in [2.75, 3.05) is 19.4 Å². The Morgan fingerprint density at radius 1 is 1.30 bits per heavy atom. The maximum absolute atomic E-state index is 12.6. The number of hydrogen-bond donors (Lipinski definition) is 1. The number of nitrogens with one attached hydrogen (secondary N) is 1. The minimum absolute atomic E-state index is 0.114. The number of halogens is 1. The lowest BCUT2D eigenvalue weighted by Gasteiger charge is -2.08. The lowest BCUT2D eigenvalue weighted by molar-refractivity contribution is 0.402. The third-order valence-corrected chi connectivity index (χ3v) is 4.26. The van der Waals surface area contributed by atoms with Crippen LogP contribution in [0.4, 0.5) is 10.1 Å². The van der Waals surface area contributed by atoms with Gasteiger partial charge in [0.1, 0.15) is 5.76 Å². The zero-order valence-corrected chi connectivity index (χ0v) is 11.8. The molecule has 0 bridgehead atoms. The Labute approximate surface area is 116 Å². The zero-order chi connectivity index (χ0) is 14.8. The van der Waals surface area contributed by atoms with Crippen LogP contribution in [0.15, 0.2) is 40.0 Å². The molecule has 2 rings (SSSR count). The highest BCUT2D eigenvalue weighted by atomic mass is 32.2. The summed E-state index contributed by atoms with van der Waals surface area (Å²) in [7, 11) is -0.707. The first-order valence-corrected chi connectivity index (χ1v) is 7.20. The fourth-order valence-corrected chi connectivity index (χ4v) is 2.25. The number of sulfonamides is 1. The van der Waals surface area contributed by atoms with E-state index in [1.165, 1.54) is 38.5 Å². The monoisotopic (exact) mass is 299 g/mol. The molecule has 108 valence electrons. The molecular weight excluding hydrogens is 285 g/mol. The van der Waals surface area contributed by atoms with Crippen LogP contribution in [0, 0.1) is 5.95 Å². The second-order valence-electron chi connectivity index (χ2n) is 4.23. The minimum atomic E-state index is -3.57. The fourth-order valence-electron chi connectivity index (χ4n) is 1.44. The molecule has 6 nitrogen and oxygen atoms in total. The van der Waals surface area contributed by atoms with Crippen LogP contribution in [0.2, 0.25) is 0 Å². The molecule has 0 aromatic carbocycles. The van der Waals surface area contributed by atoms with Gasteiger partial charge in [-0.15, -0.1) is 0 Å². The summed E-state index contributed by atoms with van der Waals surface area (Å²) in [4.78, 5) is 3.50. The van der Waals surface area contributed by atoms with E-state index < -0.39 is 16.0 Å². The number of hydrogen-bond acceptors (Lipinski definition) is 5. The van der Waals surface area contributed by atoms with Crippen molar-refractivity contribution in [2.24, 2.45) is 0 Å². The summed E-state index contributed by atoms with van der Waals surface area (Å²) in [6, 6.07) is 5.73. The molecule has 2 aromatic rings. The smallest absolute Gasteiger partial charge is 0.275 e. The van der Waals surface area contributed by atoms with E-state index in [1.54, 1.807) is 6.07 Å². The van der Waals surface area contributed by atoms with Crippen LogP contribution in [-0.2, 0) is 16.6 Å². The van der Waals surface area contributed by atoms with E-state index in [-0.39, 0.29) is 11.6 Å². The van der Waals surface area contributed by atoms with Crippen molar-refractivity contribution in [3.63, 3.8) is 0 Å². The highest BCUT2D eigenvalue weighted by Gasteiger charge is 2.21. The summed E-state index contributed by atoms with van der Waals surface area (Å²) in [6.45, 7) is 0.274. The van der Waals surface area contributed by atoms with E-state index in [9.17, 15) is 12.8 Å². The van der Waals surface area contributed by atoms with Gasteiger partial charge >= 0.3 is 0 Å². The largest absolute Gasteiger partial charge is 0.446 e. The molecule has 2 aromatic heterocycles. The molecule has 1 N–H and O–H groups in total. The molecule has 0 amide bonds. The summed E-state index contributed by atoms with van der Waals surface area (Å²) >= 11 is 0. The number of anilines is 1. The van der Waals surface area contributed by atoms with Gasteiger partial charge < -0.3 is 9.73 Å². The van der Waals surface area contributed by atoms with Crippen molar-refractivity contribution in [3.05, 3.63) is 42.2 Å². The van der Waals surface area contributed by atoms with Gasteiger partial charge in [0.2, 0.25) is 11.0 Å². The Hall–Kier alpha value is -1.93. The van der Waals surface area contributed by atoms with Gasteiger partial charge in [0, 0.05) is 14.1 Å². The first-order valence-electron chi connectivity index (χ1n) is 5.76. The van der Waals surface area contributed by atoms with Crippen molar-refractivity contribution in [1.29, 1.82) is 0 Å². The van der Waals surface area contributed by atoms with Crippen LogP contribution in [0.3, 0.4) is 0 Å². The molecule has 0 aliphatic carbocycles. The molecule has 0 unspecified atom stereocenters. The van der Waals surface area contributed by atoms with E-state index in [0.717, 1.165) is 4.31 Å². The van der Waals surface area contributed by atoms with E-state index in [0.29, 0.717) is 11.4 Å². The number of pyridine rings is 1. The molecule has 0 saturated heterocycles. The van der Waals surface area contributed by atoms with Crippen LogP contribution < -0.4 is 5.32 Å². The molecule has 0 spiro atoms. The van der Waals surface area contributed by atoms with Gasteiger partial charge in [-0.1, -0.05) is 0 Å². The molecule has 0 aliphatic heterocycles. The summed E-state index contributed by atoms with van der Waals surface area (Å²) < 4.78 is 42.6. The third-order valence-electron chi connectivity index (χ3n) is 2.57. The van der Waals surface area contributed by atoms with E-state index >= 15 is 0 Å². The molecule has 0 atom stereocenters. The van der Waals surface area contributed by atoms with Crippen molar-refractivity contribution >= 4 is 15.7 Å². The minimum Gasteiger partial charge on any atom is -0.446 e. The summed E-state index contributed by atoms with van der Waals surface area (Å²) in [5.74, 6) is -0.109. The maximum atomic E-state index is 12.6. The average Bonchev–Trinajstić information content (AvgIpc) is 2.87. The van der Waals surface area contributed by atoms with Crippen LogP contribution in [0.5, 0.6) is 0 Å². The van der Waals surface area contributed by atoms with Crippen molar-refractivity contribution < 1.29 is 17.2 Å². The second kappa shape index (κ2) is 5.59. The SMILES string of the molecule is CN(C)S(=O)(=O)c1ccc(CNc2ccc(F)nc2)o1. The van der Waals surface area contributed by atoms with E-state index in [4.69, 9.17) is 4.42 Å². The van der Waals surface area contributed by atoms with Gasteiger partial charge in [-0.25, -0.2) is 17.7 Å². The molecule has 0 aliphatic rings. The number of furan rings is 1. The van der Waals surface area contributed by atoms with Crippen LogP contribution in [-0.4, -0.2) is 31.8 Å².